The molecule has 3 rings (SSSR count). The minimum atomic E-state index is 0.0125. The van der Waals surface area contributed by atoms with Crippen LogP contribution in [0, 0.1) is 0 Å². The summed E-state index contributed by atoms with van der Waals surface area (Å²) >= 11 is 5.16. The van der Waals surface area contributed by atoms with Gasteiger partial charge in [0.1, 0.15) is 0 Å². The van der Waals surface area contributed by atoms with Crippen molar-refractivity contribution in [1.82, 2.24) is 0 Å². The SMILES string of the molecule is Nc1ccc2c(c1)N(C(=O)c1cccc(Br)c1)CCS2. The van der Waals surface area contributed by atoms with Gasteiger partial charge in [0.15, 0.2) is 0 Å². The van der Waals surface area contributed by atoms with Gasteiger partial charge in [0.2, 0.25) is 0 Å². The lowest BCUT2D eigenvalue weighted by atomic mass is 10.1. The number of hydrogen-bond donors (Lipinski definition) is 1. The molecular weight excluding hydrogens is 336 g/mol. The Labute approximate surface area is 130 Å². The average Bonchev–Trinajstić information content (AvgIpc) is 2.46. The van der Waals surface area contributed by atoms with Crippen molar-refractivity contribution in [2.45, 2.75) is 4.90 Å². The Morgan fingerprint density at radius 1 is 1.25 bits per heavy atom. The number of nitrogen functional groups attached to an aromatic ring is 1. The monoisotopic (exact) mass is 348 g/mol. The lowest BCUT2D eigenvalue weighted by Gasteiger charge is -2.29. The van der Waals surface area contributed by atoms with Gasteiger partial charge in [-0.05, 0) is 36.4 Å². The highest BCUT2D eigenvalue weighted by Gasteiger charge is 2.24. The van der Waals surface area contributed by atoms with Gasteiger partial charge in [-0.15, -0.1) is 11.8 Å². The molecule has 102 valence electrons. The Morgan fingerprint density at radius 3 is 2.90 bits per heavy atom. The first kappa shape index (κ1) is 13.5. The van der Waals surface area contributed by atoms with E-state index in [2.05, 4.69) is 15.9 Å². The minimum absolute atomic E-state index is 0.0125. The van der Waals surface area contributed by atoms with Gasteiger partial charge in [-0.1, -0.05) is 22.0 Å². The zero-order valence-electron chi connectivity index (χ0n) is 10.7. The number of rotatable bonds is 1. The minimum Gasteiger partial charge on any atom is -0.399 e. The Kier molecular flexibility index (Phi) is 3.72. The molecule has 1 heterocycles. The van der Waals surface area contributed by atoms with E-state index in [4.69, 9.17) is 5.73 Å². The summed E-state index contributed by atoms with van der Waals surface area (Å²) in [5.41, 5.74) is 8.12. The summed E-state index contributed by atoms with van der Waals surface area (Å²) in [5.74, 6) is 0.912. The maximum absolute atomic E-state index is 12.7. The third-order valence-corrected chi connectivity index (χ3v) is 4.70. The van der Waals surface area contributed by atoms with E-state index in [9.17, 15) is 4.79 Å². The number of carbonyl (C=O) groups excluding carboxylic acids is 1. The molecule has 20 heavy (non-hydrogen) atoms. The number of fused-ring (bicyclic) bond motifs is 1. The van der Waals surface area contributed by atoms with Crippen LogP contribution < -0.4 is 10.6 Å². The predicted octanol–water partition coefficient (Wildman–Crippen LogP) is 3.78. The predicted molar refractivity (Wildman–Crippen MR) is 87.4 cm³/mol. The normalized spacial score (nSPS) is 13.9. The van der Waals surface area contributed by atoms with E-state index in [0.29, 0.717) is 17.8 Å². The van der Waals surface area contributed by atoms with E-state index in [1.54, 1.807) is 11.8 Å². The molecule has 0 spiro atoms. The summed E-state index contributed by atoms with van der Waals surface area (Å²) in [6.07, 6.45) is 0. The summed E-state index contributed by atoms with van der Waals surface area (Å²) in [6.45, 7) is 0.701. The Bertz CT molecular complexity index is 675. The van der Waals surface area contributed by atoms with E-state index < -0.39 is 0 Å². The fourth-order valence-electron chi connectivity index (χ4n) is 2.22. The molecule has 1 aliphatic rings. The van der Waals surface area contributed by atoms with Gasteiger partial charge >= 0.3 is 0 Å². The lowest BCUT2D eigenvalue weighted by Crippen LogP contribution is -2.35. The quantitative estimate of drug-likeness (QED) is 0.797. The van der Waals surface area contributed by atoms with Gasteiger partial charge in [-0.2, -0.15) is 0 Å². The summed E-state index contributed by atoms with van der Waals surface area (Å²) in [4.78, 5) is 15.6. The molecule has 1 aliphatic heterocycles. The number of halogens is 1. The molecule has 0 aliphatic carbocycles. The van der Waals surface area contributed by atoms with Gasteiger partial charge in [0.25, 0.3) is 5.91 Å². The number of benzene rings is 2. The molecule has 0 unspecified atom stereocenters. The van der Waals surface area contributed by atoms with Crippen LogP contribution in [-0.4, -0.2) is 18.2 Å². The second kappa shape index (κ2) is 5.50. The molecule has 0 saturated heterocycles. The molecule has 2 N–H and O–H groups in total. The highest BCUT2D eigenvalue weighted by atomic mass is 79.9. The van der Waals surface area contributed by atoms with Gasteiger partial charge in [0, 0.05) is 32.9 Å². The Morgan fingerprint density at radius 2 is 2.10 bits per heavy atom. The first-order valence-electron chi connectivity index (χ1n) is 6.25. The van der Waals surface area contributed by atoms with Crippen molar-refractivity contribution in [3.05, 3.63) is 52.5 Å². The molecule has 0 radical (unpaired) electrons. The molecule has 2 aromatic carbocycles. The second-order valence-electron chi connectivity index (χ2n) is 4.54. The standard InChI is InChI=1S/C15H13BrN2OS/c16-11-3-1-2-10(8-11)15(19)18-6-7-20-14-5-4-12(17)9-13(14)18/h1-5,8-9H,6-7,17H2. The molecule has 2 aromatic rings. The maximum atomic E-state index is 12.7. The zero-order chi connectivity index (χ0) is 14.1. The molecule has 5 heteroatoms. The largest absolute Gasteiger partial charge is 0.399 e. The van der Waals surface area contributed by atoms with Gasteiger partial charge in [0.05, 0.1) is 5.69 Å². The fourth-order valence-corrected chi connectivity index (χ4v) is 3.60. The number of amides is 1. The highest BCUT2D eigenvalue weighted by molar-refractivity contribution is 9.10. The molecule has 3 nitrogen and oxygen atoms in total. The molecule has 0 bridgehead atoms. The van der Waals surface area contributed by atoms with Crippen molar-refractivity contribution in [1.29, 1.82) is 0 Å². The lowest BCUT2D eigenvalue weighted by molar-refractivity contribution is 0.0987. The van der Waals surface area contributed by atoms with Crippen LogP contribution in [0.3, 0.4) is 0 Å². The average molecular weight is 349 g/mol. The number of thioether (sulfide) groups is 1. The molecule has 1 amide bonds. The third-order valence-electron chi connectivity index (χ3n) is 3.16. The van der Waals surface area contributed by atoms with E-state index in [1.807, 2.05) is 47.4 Å². The van der Waals surface area contributed by atoms with Gasteiger partial charge < -0.3 is 10.6 Å². The van der Waals surface area contributed by atoms with Crippen molar-refractivity contribution in [2.24, 2.45) is 0 Å². The van der Waals surface area contributed by atoms with Gasteiger partial charge in [-0.25, -0.2) is 0 Å². The van der Waals surface area contributed by atoms with E-state index in [1.165, 1.54) is 0 Å². The van der Waals surface area contributed by atoms with Crippen LogP contribution in [0.2, 0.25) is 0 Å². The smallest absolute Gasteiger partial charge is 0.258 e. The Balaban J connectivity index is 2.00. The van der Waals surface area contributed by atoms with E-state index in [0.717, 1.165) is 20.8 Å². The van der Waals surface area contributed by atoms with Crippen LogP contribution in [0.15, 0.2) is 51.8 Å². The van der Waals surface area contributed by atoms with Gasteiger partial charge in [-0.3, -0.25) is 4.79 Å². The van der Waals surface area contributed by atoms with Crippen molar-refractivity contribution < 1.29 is 4.79 Å². The van der Waals surface area contributed by atoms with Crippen LogP contribution in [0.5, 0.6) is 0 Å². The maximum Gasteiger partial charge on any atom is 0.258 e. The van der Waals surface area contributed by atoms with Crippen LogP contribution in [0.1, 0.15) is 10.4 Å². The summed E-state index contributed by atoms with van der Waals surface area (Å²) in [7, 11) is 0. The van der Waals surface area contributed by atoms with E-state index >= 15 is 0 Å². The van der Waals surface area contributed by atoms with E-state index in [-0.39, 0.29) is 5.91 Å². The van der Waals surface area contributed by atoms with Crippen molar-refractivity contribution in [3.63, 3.8) is 0 Å². The molecule has 0 fully saturated rings. The Hall–Kier alpha value is -1.46. The third kappa shape index (κ3) is 2.55. The number of hydrogen-bond acceptors (Lipinski definition) is 3. The molecular formula is C15H13BrN2OS. The summed E-state index contributed by atoms with van der Waals surface area (Å²) in [6, 6.07) is 13.2. The van der Waals surface area contributed by atoms with Crippen LogP contribution in [0.4, 0.5) is 11.4 Å². The van der Waals surface area contributed by atoms with Crippen molar-refractivity contribution in [2.75, 3.05) is 22.9 Å². The number of anilines is 2. The number of nitrogens with two attached hydrogens (primary N) is 1. The molecule has 0 aromatic heterocycles. The van der Waals surface area contributed by atoms with Crippen LogP contribution in [-0.2, 0) is 0 Å². The highest BCUT2D eigenvalue weighted by Crippen LogP contribution is 2.36. The summed E-state index contributed by atoms with van der Waals surface area (Å²) in [5, 5.41) is 0. The number of carbonyl (C=O) groups is 1. The zero-order valence-corrected chi connectivity index (χ0v) is 13.1. The van der Waals surface area contributed by atoms with Crippen LogP contribution in [0.25, 0.3) is 0 Å². The number of nitrogens with zero attached hydrogens (tertiary/aromatic N) is 1. The summed E-state index contributed by atoms with van der Waals surface area (Å²) < 4.78 is 0.905. The molecule has 0 saturated carbocycles. The fraction of sp³-hybridized carbons (Fsp3) is 0.133. The van der Waals surface area contributed by atoms with Crippen LogP contribution >= 0.6 is 27.7 Å². The topological polar surface area (TPSA) is 46.3 Å². The molecule has 0 atom stereocenters. The first-order valence-corrected chi connectivity index (χ1v) is 8.03. The second-order valence-corrected chi connectivity index (χ2v) is 6.60. The van der Waals surface area contributed by atoms with Crippen molar-refractivity contribution in [3.8, 4) is 0 Å². The first-order chi connectivity index (χ1) is 9.65. The van der Waals surface area contributed by atoms with Crippen molar-refractivity contribution >= 4 is 45.0 Å².